The first-order valence-electron chi connectivity index (χ1n) is 5.25. The highest BCUT2D eigenvalue weighted by atomic mass is 127. The van der Waals surface area contributed by atoms with Gasteiger partial charge in [-0.3, -0.25) is 0 Å². The standard InChI is InChI=1S/C8H7F3.C6H6I/c1-6-2-4-7(5-3-6)8(9,10)11;7-6-4-2-1-3-5-6/h2-5H,1H3;1-5,7H/q;+1. The van der Waals surface area contributed by atoms with Gasteiger partial charge in [-0.05, 0) is 31.2 Å². The molecule has 2 aromatic carbocycles. The molecule has 0 N–H and O–H groups in total. The number of aryl methyl sites for hydroxylation is 1. The molecule has 0 aliphatic rings. The third kappa shape index (κ3) is 5.53. The van der Waals surface area contributed by atoms with Crippen molar-refractivity contribution in [3.63, 3.8) is 0 Å². The fourth-order valence-electron chi connectivity index (χ4n) is 1.16. The second-order valence-corrected chi connectivity index (χ2v) is 5.02. The van der Waals surface area contributed by atoms with E-state index in [2.05, 4.69) is 12.1 Å². The van der Waals surface area contributed by atoms with Crippen LogP contribution in [0, 0.1) is 10.5 Å². The lowest BCUT2D eigenvalue weighted by Gasteiger charge is -2.05. The molecule has 4 heteroatoms. The molecule has 0 nitrogen and oxygen atoms in total. The number of hydrogen-bond donors (Lipinski definition) is 0. The fourth-order valence-corrected chi connectivity index (χ4v) is 1.61. The first-order valence-corrected chi connectivity index (χ1v) is 6.42. The maximum absolute atomic E-state index is 11.9. The Kier molecular flexibility index (Phi) is 5.65. The third-order valence-corrected chi connectivity index (χ3v) is 2.90. The van der Waals surface area contributed by atoms with E-state index in [0.29, 0.717) is 0 Å². The van der Waals surface area contributed by atoms with Crippen molar-refractivity contribution in [1.29, 1.82) is 0 Å². The predicted molar refractivity (Wildman–Crippen MR) is 62.7 cm³/mol. The van der Waals surface area contributed by atoms with Gasteiger partial charge in [-0.2, -0.15) is 13.2 Å². The molecule has 0 aromatic heterocycles. The van der Waals surface area contributed by atoms with Crippen LogP contribution in [-0.2, 0) is 6.18 Å². The molecule has 0 aliphatic heterocycles. The molecule has 2 aromatic rings. The zero-order valence-corrected chi connectivity index (χ0v) is 12.1. The highest BCUT2D eigenvalue weighted by Gasteiger charge is 2.29. The number of halogens is 4. The van der Waals surface area contributed by atoms with Crippen LogP contribution in [0.25, 0.3) is 0 Å². The van der Waals surface area contributed by atoms with Crippen LogP contribution in [-0.4, -0.2) is 0 Å². The number of rotatable bonds is 0. The van der Waals surface area contributed by atoms with Gasteiger partial charge in [0.2, 0.25) is 0 Å². The molecular weight excluding hydrogens is 352 g/mol. The Bertz CT molecular complexity index is 461. The average Bonchev–Trinajstić information content (AvgIpc) is 2.30. The van der Waals surface area contributed by atoms with E-state index < -0.39 is 11.7 Å². The van der Waals surface area contributed by atoms with Gasteiger partial charge in [0.15, 0.2) is 3.57 Å². The van der Waals surface area contributed by atoms with E-state index >= 15 is 0 Å². The van der Waals surface area contributed by atoms with Crippen molar-refractivity contribution in [2.24, 2.45) is 0 Å². The van der Waals surface area contributed by atoms with Crippen LogP contribution in [0.2, 0.25) is 0 Å². The van der Waals surface area contributed by atoms with Gasteiger partial charge in [0, 0.05) is 0 Å². The molecule has 0 aliphatic carbocycles. The maximum atomic E-state index is 11.9. The fraction of sp³-hybridized carbons (Fsp3) is 0.143. The predicted octanol–water partition coefficient (Wildman–Crippen LogP) is 1.16. The molecule has 96 valence electrons. The lowest BCUT2D eigenvalue weighted by molar-refractivity contribution is -0.328. The second-order valence-electron chi connectivity index (χ2n) is 3.68. The minimum Gasteiger partial charge on any atom is -0.166 e. The first-order chi connectivity index (χ1) is 8.39. The van der Waals surface area contributed by atoms with Gasteiger partial charge in [0.1, 0.15) is 0 Å². The summed E-state index contributed by atoms with van der Waals surface area (Å²) in [7, 11) is 0. The molecule has 0 spiro atoms. The second kappa shape index (κ2) is 6.78. The Morgan fingerprint density at radius 3 is 1.67 bits per heavy atom. The molecule has 0 unspecified atom stereocenters. The summed E-state index contributed by atoms with van der Waals surface area (Å²) >= 11 is 2.02. The summed E-state index contributed by atoms with van der Waals surface area (Å²) in [5, 5.41) is 0. The van der Waals surface area contributed by atoms with E-state index in [1.54, 1.807) is 6.92 Å². The number of benzene rings is 2. The number of alkyl halides is 3. The van der Waals surface area contributed by atoms with Gasteiger partial charge in [-0.25, -0.2) is 0 Å². The smallest absolute Gasteiger partial charge is 0.166 e. The van der Waals surface area contributed by atoms with Crippen LogP contribution >= 0.6 is 0 Å². The summed E-state index contributed by atoms with van der Waals surface area (Å²) in [5.74, 6) is 0. The van der Waals surface area contributed by atoms with Crippen LogP contribution in [0.3, 0.4) is 0 Å². The molecule has 2 rings (SSSR count). The van der Waals surface area contributed by atoms with Gasteiger partial charge < -0.3 is 0 Å². The summed E-state index contributed by atoms with van der Waals surface area (Å²) in [6, 6.07) is 15.3. The zero-order chi connectivity index (χ0) is 13.6. The summed E-state index contributed by atoms with van der Waals surface area (Å²) in [5.41, 5.74) is 0.237. The largest absolute Gasteiger partial charge is 0.416 e. The lowest BCUT2D eigenvalue weighted by atomic mass is 10.1. The Hall–Kier alpha value is -1.04. The molecular formula is C14H13F3I+. The summed E-state index contributed by atoms with van der Waals surface area (Å²) in [6.45, 7) is 1.75. The zero-order valence-electron chi connectivity index (χ0n) is 9.74. The topological polar surface area (TPSA) is 0 Å². The van der Waals surface area contributed by atoms with Crippen molar-refractivity contribution in [1.82, 2.24) is 0 Å². The van der Waals surface area contributed by atoms with Crippen molar-refractivity contribution in [3.8, 4) is 0 Å². The molecule has 0 bridgehead atoms. The normalized spacial score (nSPS) is 10.5. The van der Waals surface area contributed by atoms with E-state index in [1.165, 1.54) is 15.7 Å². The van der Waals surface area contributed by atoms with Gasteiger partial charge in [0.25, 0.3) is 22.6 Å². The monoisotopic (exact) mass is 365 g/mol. The molecule has 0 heterocycles. The van der Waals surface area contributed by atoms with Crippen LogP contribution < -0.4 is 22.6 Å². The van der Waals surface area contributed by atoms with E-state index in [-0.39, 0.29) is 0 Å². The summed E-state index contributed by atoms with van der Waals surface area (Å²) < 4.78 is 37.1. The lowest BCUT2D eigenvalue weighted by Crippen LogP contribution is -3.34. The Balaban J connectivity index is 0.000000199. The Morgan fingerprint density at radius 1 is 0.833 bits per heavy atom. The molecule has 0 fully saturated rings. The minimum absolute atomic E-state index is 0.594. The minimum atomic E-state index is -4.21. The molecule has 0 amide bonds. The third-order valence-electron chi connectivity index (χ3n) is 2.12. The van der Waals surface area contributed by atoms with E-state index in [9.17, 15) is 13.2 Å². The van der Waals surface area contributed by atoms with Gasteiger partial charge >= 0.3 is 6.18 Å². The molecule has 18 heavy (non-hydrogen) atoms. The highest BCUT2D eigenvalue weighted by Crippen LogP contribution is 2.28. The van der Waals surface area contributed by atoms with Crippen LogP contribution in [0.4, 0.5) is 13.2 Å². The molecule has 0 saturated carbocycles. The quantitative estimate of drug-likeness (QED) is 0.615. The number of hydrogen-bond acceptors (Lipinski definition) is 0. The first kappa shape index (κ1) is 15.0. The van der Waals surface area contributed by atoms with Crippen molar-refractivity contribution in [3.05, 3.63) is 69.3 Å². The van der Waals surface area contributed by atoms with E-state index in [1.807, 2.05) is 40.8 Å². The van der Waals surface area contributed by atoms with Crippen LogP contribution in [0.1, 0.15) is 11.1 Å². The van der Waals surface area contributed by atoms with Gasteiger partial charge in [-0.15, -0.1) is 0 Å². The summed E-state index contributed by atoms with van der Waals surface area (Å²) in [6.07, 6.45) is -4.21. The highest BCUT2D eigenvalue weighted by molar-refractivity contribution is 5.23. The molecule has 0 radical (unpaired) electrons. The van der Waals surface area contributed by atoms with Crippen LogP contribution in [0.5, 0.6) is 0 Å². The van der Waals surface area contributed by atoms with E-state index in [4.69, 9.17) is 0 Å². The van der Waals surface area contributed by atoms with E-state index in [0.717, 1.165) is 17.7 Å². The van der Waals surface area contributed by atoms with Crippen LogP contribution in [0.15, 0.2) is 54.6 Å². The maximum Gasteiger partial charge on any atom is 0.416 e. The van der Waals surface area contributed by atoms with Gasteiger partial charge in [-0.1, -0.05) is 35.9 Å². The van der Waals surface area contributed by atoms with Crippen molar-refractivity contribution < 1.29 is 35.8 Å². The van der Waals surface area contributed by atoms with Crippen molar-refractivity contribution in [2.45, 2.75) is 13.1 Å². The average molecular weight is 365 g/mol. The Morgan fingerprint density at radius 2 is 1.33 bits per heavy atom. The summed E-state index contributed by atoms with van der Waals surface area (Å²) in [4.78, 5) is 0. The molecule has 0 saturated heterocycles. The molecule has 0 atom stereocenters. The SMILES string of the molecule is Cc1ccc(C(F)(F)F)cc1.[IH+]c1ccccc1. The Labute approximate surface area is 118 Å². The van der Waals surface area contributed by atoms with Crippen molar-refractivity contribution >= 4 is 0 Å². The van der Waals surface area contributed by atoms with Gasteiger partial charge in [0.05, 0.1) is 5.56 Å². The van der Waals surface area contributed by atoms with Crippen molar-refractivity contribution in [2.75, 3.05) is 0 Å².